The molecule has 0 spiro atoms. The summed E-state index contributed by atoms with van der Waals surface area (Å²) in [5.41, 5.74) is 9.88. The normalized spacial score (nSPS) is 11.8. The zero-order valence-corrected chi connectivity index (χ0v) is 26.7. The quantitative estimate of drug-likeness (QED) is 0.194. The van der Waals surface area contributed by atoms with Crippen LogP contribution in [0.3, 0.4) is 0 Å². The Balaban J connectivity index is 1.23. The van der Waals surface area contributed by atoms with E-state index in [4.69, 9.17) is 9.97 Å². The lowest BCUT2D eigenvalue weighted by molar-refractivity contribution is 1.18. The molecule has 0 fully saturated rings. The first-order valence-corrected chi connectivity index (χ1v) is 17.0. The van der Waals surface area contributed by atoms with Crippen LogP contribution < -0.4 is 0 Å². The highest BCUT2D eigenvalue weighted by molar-refractivity contribution is 7.26. The van der Waals surface area contributed by atoms with Crippen molar-refractivity contribution >= 4 is 64.2 Å². The minimum absolute atomic E-state index is 0.727. The van der Waals surface area contributed by atoms with Gasteiger partial charge in [-0.2, -0.15) is 0 Å². The van der Waals surface area contributed by atoms with Gasteiger partial charge in [0.1, 0.15) is 0 Å². The Morgan fingerprint density at radius 3 is 2.00 bits per heavy atom. The summed E-state index contributed by atoms with van der Waals surface area (Å²) < 4.78 is 4.88. The monoisotopic (exact) mass is 629 g/mol. The van der Waals surface area contributed by atoms with E-state index in [0.717, 1.165) is 44.8 Å². The average Bonchev–Trinajstić information content (AvgIpc) is 3.71. The predicted octanol–water partition coefficient (Wildman–Crippen LogP) is 12.1. The zero-order chi connectivity index (χ0) is 31.6. The fraction of sp³-hybridized carbons (Fsp3) is 0. The molecule has 0 saturated heterocycles. The van der Waals surface area contributed by atoms with Crippen LogP contribution in [0.2, 0.25) is 0 Å². The van der Waals surface area contributed by atoms with Crippen LogP contribution in [-0.4, -0.2) is 14.5 Å². The van der Waals surface area contributed by atoms with Gasteiger partial charge in [0.25, 0.3) is 0 Å². The molecule has 0 aliphatic heterocycles. The van der Waals surface area contributed by atoms with Crippen molar-refractivity contribution < 1.29 is 0 Å². The SMILES string of the molecule is c1ccc(-c2nc(-c3cccc(-c4cccc5c4c4ccccc4n5-c4ccccc4)c3)nc3c2ccc2sc4ccccc4c23)cc1. The van der Waals surface area contributed by atoms with E-state index in [1.165, 1.54) is 47.5 Å². The van der Waals surface area contributed by atoms with Crippen LogP contribution in [0.4, 0.5) is 0 Å². The molecule has 0 unspecified atom stereocenters. The smallest absolute Gasteiger partial charge is 0.160 e. The summed E-state index contributed by atoms with van der Waals surface area (Å²) in [6.45, 7) is 0. The van der Waals surface area contributed by atoms with Crippen LogP contribution in [0.15, 0.2) is 164 Å². The van der Waals surface area contributed by atoms with E-state index in [0.29, 0.717) is 0 Å². The highest BCUT2D eigenvalue weighted by Crippen LogP contribution is 2.42. The summed E-state index contributed by atoms with van der Waals surface area (Å²) in [7, 11) is 0. The van der Waals surface area contributed by atoms with Gasteiger partial charge in [-0.05, 0) is 59.7 Å². The molecule has 48 heavy (non-hydrogen) atoms. The molecule has 0 amide bonds. The molecule has 0 atom stereocenters. The number of nitrogens with zero attached hydrogens (tertiary/aromatic N) is 3. The summed E-state index contributed by atoms with van der Waals surface area (Å²) in [6, 6.07) is 58.2. The van der Waals surface area contributed by atoms with E-state index in [2.05, 4.69) is 168 Å². The Morgan fingerprint density at radius 1 is 0.438 bits per heavy atom. The minimum Gasteiger partial charge on any atom is -0.309 e. The van der Waals surface area contributed by atoms with Gasteiger partial charge in [-0.15, -0.1) is 11.3 Å². The molecule has 0 saturated carbocycles. The van der Waals surface area contributed by atoms with Crippen molar-refractivity contribution in [3.05, 3.63) is 164 Å². The minimum atomic E-state index is 0.727. The van der Waals surface area contributed by atoms with E-state index >= 15 is 0 Å². The lowest BCUT2D eigenvalue weighted by Crippen LogP contribution is -1.96. The number of fused-ring (bicyclic) bond motifs is 8. The van der Waals surface area contributed by atoms with E-state index < -0.39 is 0 Å². The fourth-order valence-corrected chi connectivity index (χ4v) is 8.40. The first kappa shape index (κ1) is 27.1. The van der Waals surface area contributed by atoms with Crippen molar-refractivity contribution in [1.29, 1.82) is 0 Å². The molecule has 0 N–H and O–H groups in total. The molecule has 3 aromatic heterocycles. The topological polar surface area (TPSA) is 30.7 Å². The summed E-state index contributed by atoms with van der Waals surface area (Å²) in [6.07, 6.45) is 0. The van der Waals surface area contributed by atoms with Crippen molar-refractivity contribution in [1.82, 2.24) is 14.5 Å². The second-order valence-electron chi connectivity index (χ2n) is 12.2. The van der Waals surface area contributed by atoms with Gasteiger partial charge in [0.2, 0.25) is 0 Å². The van der Waals surface area contributed by atoms with Crippen LogP contribution in [0.5, 0.6) is 0 Å². The molecule has 0 aliphatic carbocycles. The Kier molecular flexibility index (Phi) is 6.05. The van der Waals surface area contributed by atoms with Gasteiger partial charge in [-0.1, -0.05) is 115 Å². The number of para-hydroxylation sites is 2. The molecule has 10 rings (SSSR count). The summed E-state index contributed by atoms with van der Waals surface area (Å²) >= 11 is 1.82. The maximum absolute atomic E-state index is 5.36. The third-order valence-corrected chi connectivity index (χ3v) is 10.5. The number of benzene rings is 7. The molecule has 0 bridgehead atoms. The Hall–Kier alpha value is -6.10. The number of thiophene rings is 1. The number of hydrogen-bond donors (Lipinski definition) is 0. The first-order valence-electron chi connectivity index (χ1n) is 16.2. The van der Waals surface area contributed by atoms with Crippen molar-refractivity contribution in [2.24, 2.45) is 0 Å². The standard InChI is InChI=1S/C44H27N3S/c1-3-13-28(14-4-1)42-35-25-26-39-41(34-20-8-10-24-38(34)48-39)43(35)46-44(45-42)30-16-11-15-29(27-30)32-21-12-23-37-40(32)33-19-7-9-22-36(33)47(37)31-17-5-2-6-18-31/h1-27H. The average molecular weight is 630 g/mol. The van der Waals surface area contributed by atoms with Crippen molar-refractivity contribution in [2.45, 2.75) is 0 Å². The molecule has 3 nitrogen and oxygen atoms in total. The van der Waals surface area contributed by atoms with E-state index in [1.807, 2.05) is 11.3 Å². The highest BCUT2D eigenvalue weighted by Gasteiger charge is 2.19. The largest absolute Gasteiger partial charge is 0.309 e. The zero-order valence-electron chi connectivity index (χ0n) is 25.8. The summed E-state index contributed by atoms with van der Waals surface area (Å²) in [4.78, 5) is 10.7. The molecule has 3 heterocycles. The van der Waals surface area contributed by atoms with E-state index in [1.54, 1.807) is 0 Å². The Morgan fingerprint density at radius 2 is 1.12 bits per heavy atom. The van der Waals surface area contributed by atoms with Gasteiger partial charge in [-0.25, -0.2) is 9.97 Å². The first-order chi connectivity index (χ1) is 23.8. The van der Waals surface area contributed by atoms with Gasteiger partial charge in [0.15, 0.2) is 5.82 Å². The third kappa shape index (κ3) is 4.13. The maximum Gasteiger partial charge on any atom is 0.160 e. The Labute approximate surface area is 281 Å². The van der Waals surface area contributed by atoms with Crippen molar-refractivity contribution in [3.8, 4) is 39.5 Å². The third-order valence-electron chi connectivity index (χ3n) is 9.40. The van der Waals surface area contributed by atoms with Gasteiger partial charge in [0.05, 0.1) is 22.2 Å². The van der Waals surface area contributed by atoms with Crippen LogP contribution >= 0.6 is 11.3 Å². The molecule has 0 aliphatic rings. The second-order valence-corrected chi connectivity index (χ2v) is 13.2. The Bertz CT molecular complexity index is 2830. The molecule has 4 heteroatoms. The highest BCUT2D eigenvalue weighted by atomic mass is 32.1. The summed E-state index contributed by atoms with van der Waals surface area (Å²) in [5.74, 6) is 0.727. The maximum atomic E-state index is 5.36. The lowest BCUT2D eigenvalue weighted by atomic mass is 9.97. The van der Waals surface area contributed by atoms with Crippen LogP contribution in [-0.2, 0) is 0 Å². The predicted molar refractivity (Wildman–Crippen MR) is 203 cm³/mol. The van der Waals surface area contributed by atoms with Gasteiger partial charge >= 0.3 is 0 Å². The van der Waals surface area contributed by atoms with Crippen molar-refractivity contribution in [3.63, 3.8) is 0 Å². The van der Waals surface area contributed by atoms with Gasteiger partial charge in [0, 0.05) is 53.1 Å². The number of hydrogen-bond acceptors (Lipinski definition) is 3. The van der Waals surface area contributed by atoms with Gasteiger partial charge in [-0.3, -0.25) is 0 Å². The van der Waals surface area contributed by atoms with Gasteiger partial charge < -0.3 is 4.57 Å². The molecule has 7 aromatic carbocycles. The second kappa shape index (κ2) is 10.7. The molecular weight excluding hydrogens is 603 g/mol. The summed E-state index contributed by atoms with van der Waals surface area (Å²) in [5, 5.41) is 5.98. The molecule has 10 aromatic rings. The molecular formula is C44H27N3S. The molecule has 224 valence electrons. The number of rotatable bonds is 4. The van der Waals surface area contributed by atoms with E-state index in [-0.39, 0.29) is 0 Å². The number of aromatic nitrogens is 3. The van der Waals surface area contributed by atoms with Crippen LogP contribution in [0.1, 0.15) is 0 Å². The fourth-order valence-electron chi connectivity index (χ4n) is 7.29. The van der Waals surface area contributed by atoms with Crippen molar-refractivity contribution in [2.75, 3.05) is 0 Å². The van der Waals surface area contributed by atoms with E-state index in [9.17, 15) is 0 Å². The lowest BCUT2D eigenvalue weighted by Gasteiger charge is -2.12. The molecule has 0 radical (unpaired) electrons. The van der Waals surface area contributed by atoms with Crippen LogP contribution in [0, 0.1) is 0 Å². The van der Waals surface area contributed by atoms with Crippen LogP contribution in [0.25, 0.3) is 92.3 Å².